The molecule has 122 valence electrons. The van der Waals surface area contributed by atoms with Crippen molar-refractivity contribution in [2.24, 2.45) is 12.1 Å². The first-order chi connectivity index (χ1) is 11.6. The van der Waals surface area contributed by atoms with Crippen molar-refractivity contribution in [3.63, 3.8) is 0 Å². The summed E-state index contributed by atoms with van der Waals surface area (Å²) in [7, 11) is 1.98. The molecule has 1 heterocycles. The average molecular weight is 321 g/mol. The number of aryl methyl sites for hydroxylation is 2. The Balaban J connectivity index is 1.57. The highest BCUT2D eigenvalue weighted by atomic mass is 16.5. The van der Waals surface area contributed by atoms with Crippen LogP contribution in [0.1, 0.15) is 11.1 Å². The molecule has 1 aromatic heterocycles. The summed E-state index contributed by atoms with van der Waals surface area (Å²) in [6.45, 7) is 1.93. The zero-order valence-corrected chi connectivity index (χ0v) is 13.7. The molecular weight excluding hydrogens is 302 g/mol. The number of hydrogen-bond donors (Lipinski definition) is 1. The van der Waals surface area contributed by atoms with Gasteiger partial charge in [-0.1, -0.05) is 35.9 Å². The van der Waals surface area contributed by atoms with E-state index in [4.69, 9.17) is 4.74 Å². The van der Waals surface area contributed by atoms with Gasteiger partial charge in [-0.05, 0) is 25.1 Å². The van der Waals surface area contributed by atoms with Crippen molar-refractivity contribution < 1.29 is 9.53 Å². The first-order valence-electron chi connectivity index (χ1n) is 7.69. The molecule has 1 amide bonds. The van der Waals surface area contributed by atoms with Gasteiger partial charge in [-0.25, -0.2) is 5.43 Å². The van der Waals surface area contributed by atoms with Gasteiger partial charge in [-0.15, -0.1) is 0 Å². The fourth-order valence-electron chi connectivity index (χ4n) is 2.47. The molecule has 0 aliphatic rings. The molecule has 24 heavy (non-hydrogen) atoms. The molecule has 0 bridgehead atoms. The molecule has 0 spiro atoms. The Bertz CT molecular complexity index is 879. The third-order valence-corrected chi connectivity index (χ3v) is 3.71. The Kier molecular flexibility index (Phi) is 4.61. The Hall–Kier alpha value is -3.08. The number of benzene rings is 2. The van der Waals surface area contributed by atoms with Crippen LogP contribution < -0.4 is 10.2 Å². The fraction of sp³-hybridized carbons (Fsp3) is 0.158. The molecule has 5 nitrogen and oxygen atoms in total. The van der Waals surface area contributed by atoms with Gasteiger partial charge in [0.25, 0.3) is 5.91 Å². The van der Waals surface area contributed by atoms with Crippen LogP contribution in [0.5, 0.6) is 5.75 Å². The highest BCUT2D eigenvalue weighted by Gasteiger charge is 2.04. The monoisotopic (exact) mass is 321 g/mol. The second kappa shape index (κ2) is 7.00. The van der Waals surface area contributed by atoms with E-state index in [0.29, 0.717) is 5.75 Å². The van der Waals surface area contributed by atoms with Crippen molar-refractivity contribution >= 4 is 23.0 Å². The van der Waals surface area contributed by atoms with Gasteiger partial charge >= 0.3 is 0 Å². The van der Waals surface area contributed by atoms with Crippen LogP contribution in [0.2, 0.25) is 0 Å². The second-order valence-electron chi connectivity index (χ2n) is 5.61. The van der Waals surface area contributed by atoms with Crippen LogP contribution in [0, 0.1) is 6.92 Å². The summed E-state index contributed by atoms with van der Waals surface area (Å²) in [5.41, 5.74) is 5.70. The van der Waals surface area contributed by atoms with E-state index >= 15 is 0 Å². The number of para-hydroxylation sites is 1. The largest absolute Gasteiger partial charge is 0.484 e. The predicted octanol–water partition coefficient (Wildman–Crippen LogP) is 3.02. The summed E-state index contributed by atoms with van der Waals surface area (Å²) >= 11 is 0. The number of carbonyl (C=O) groups excluding carboxylic acids is 1. The number of ether oxygens (including phenoxy) is 1. The van der Waals surface area contributed by atoms with Crippen LogP contribution in [0.25, 0.3) is 10.9 Å². The Morgan fingerprint density at radius 2 is 1.96 bits per heavy atom. The highest BCUT2D eigenvalue weighted by Crippen LogP contribution is 2.18. The SMILES string of the molecule is Cc1ccc(OCC(=O)N/N=C\c2cn(C)c3ccccc23)cc1. The van der Waals surface area contributed by atoms with Crippen molar-refractivity contribution in [1.29, 1.82) is 0 Å². The molecule has 0 saturated carbocycles. The van der Waals surface area contributed by atoms with Gasteiger partial charge in [0.15, 0.2) is 6.61 Å². The third kappa shape index (κ3) is 3.63. The summed E-state index contributed by atoms with van der Waals surface area (Å²) in [6, 6.07) is 15.6. The maximum absolute atomic E-state index is 11.8. The van der Waals surface area contributed by atoms with E-state index in [1.54, 1.807) is 6.21 Å². The summed E-state index contributed by atoms with van der Waals surface area (Å²) in [5.74, 6) is 0.362. The minimum absolute atomic E-state index is 0.0735. The van der Waals surface area contributed by atoms with Gasteiger partial charge in [0.05, 0.1) is 6.21 Å². The number of aromatic nitrogens is 1. The number of amides is 1. The molecule has 0 saturated heterocycles. The Labute approximate surface area is 140 Å². The topological polar surface area (TPSA) is 55.6 Å². The smallest absolute Gasteiger partial charge is 0.277 e. The van der Waals surface area contributed by atoms with Crippen molar-refractivity contribution in [3.8, 4) is 5.75 Å². The molecular formula is C19H19N3O2. The lowest BCUT2D eigenvalue weighted by Crippen LogP contribution is -2.24. The van der Waals surface area contributed by atoms with E-state index in [-0.39, 0.29) is 12.5 Å². The van der Waals surface area contributed by atoms with Crippen LogP contribution >= 0.6 is 0 Å². The lowest BCUT2D eigenvalue weighted by atomic mass is 10.2. The fourth-order valence-corrected chi connectivity index (χ4v) is 2.47. The van der Waals surface area contributed by atoms with E-state index in [1.165, 1.54) is 0 Å². The molecule has 5 heteroatoms. The molecule has 2 aromatic carbocycles. The van der Waals surface area contributed by atoms with Gasteiger partial charge < -0.3 is 9.30 Å². The van der Waals surface area contributed by atoms with Gasteiger partial charge in [-0.2, -0.15) is 5.10 Å². The number of rotatable bonds is 5. The van der Waals surface area contributed by atoms with Crippen LogP contribution in [0.3, 0.4) is 0 Å². The predicted molar refractivity (Wildman–Crippen MR) is 95.3 cm³/mol. The first-order valence-corrected chi connectivity index (χ1v) is 7.69. The van der Waals surface area contributed by atoms with Crippen molar-refractivity contribution in [1.82, 2.24) is 9.99 Å². The number of nitrogens with zero attached hydrogens (tertiary/aromatic N) is 2. The Morgan fingerprint density at radius 1 is 1.21 bits per heavy atom. The van der Waals surface area contributed by atoms with E-state index in [0.717, 1.165) is 22.0 Å². The zero-order chi connectivity index (χ0) is 16.9. The lowest BCUT2D eigenvalue weighted by molar-refractivity contribution is -0.123. The molecule has 0 unspecified atom stereocenters. The van der Waals surface area contributed by atoms with Gasteiger partial charge in [0, 0.05) is 29.7 Å². The van der Waals surface area contributed by atoms with E-state index in [1.807, 2.05) is 73.3 Å². The zero-order valence-electron chi connectivity index (χ0n) is 13.7. The summed E-state index contributed by atoms with van der Waals surface area (Å²) in [4.78, 5) is 11.8. The summed E-state index contributed by atoms with van der Waals surface area (Å²) in [6.07, 6.45) is 3.62. The van der Waals surface area contributed by atoms with E-state index in [2.05, 4.69) is 10.5 Å². The minimum Gasteiger partial charge on any atom is -0.484 e. The van der Waals surface area contributed by atoms with E-state index < -0.39 is 0 Å². The third-order valence-electron chi connectivity index (χ3n) is 3.71. The molecule has 1 N–H and O–H groups in total. The van der Waals surface area contributed by atoms with Gasteiger partial charge in [0.2, 0.25) is 0 Å². The maximum atomic E-state index is 11.8. The Morgan fingerprint density at radius 3 is 2.75 bits per heavy atom. The van der Waals surface area contributed by atoms with Crippen LogP contribution in [0.15, 0.2) is 59.8 Å². The first kappa shape index (κ1) is 15.8. The van der Waals surface area contributed by atoms with Crippen molar-refractivity contribution in [3.05, 3.63) is 65.9 Å². The number of nitrogens with one attached hydrogen (secondary N) is 1. The number of fused-ring (bicyclic) bond motifs is 1. The molecule has 3 rings (SSSR count). The van der Waals surface area contributed by atoms with Gasteiger partial charge in [-0.3, -0.25) is 4.79 Å². The molecule has 0 aliphatic heterocycles. The summed E-state index contributed by atoms with van der Waals surface area (Å²) in [5, 5.41) is 5.11. The maximum Gasteiger partial charge on any atom is 0.277 e. The molecule has 0 aliphatic carbocycles. The molecule has 0 fully saturated rings. The average Bonchev–Trinajstić information content (AvgIpc) is 2.91. The number of hydrogen-bond acceptors (Lipinski definition) is 3. The van der Waals surface area contributed by atoms with Crippen LogP contribution in [0.4, 0.5) is 0 Å². The molecule has 3 aromatic rings. The standard InChI is InChI=1S/C19H19N3O2/c1-14-7-9-16(10-8-14)24-13-19(23)21-20-11-15-12-22(2)18-6-4-3-5-17(15)18/h3-12H,13H2,1-2H3,(H,21,23)/b20-11-. The molecule has 0 atom stereocenters. The van der Waals surface area contributed by atoms with Crippen LogP contribution in [-0.2, 0) is 11.8 Å². The molecule has 0 radical (unpaired) electrons. The van der Waals surface area contributed by atoms with Crippen LogP contribution in [-0.4, -0.2) is 23.3 Å². The minimum atomic E-state index is -0.299. The van der Waals surface area contributed by atoms with E-state index in [9.17, 15) is 4.79 Å². The highest BCUT2D eigenvalue weighted by molar-refractivity contribution is 5.99. The lowest BCUT2D eigenvalue weighted by Gasteiger charge is -2.04. The summed E-state index contributed by atoms with van der Waals surface area (Å²) < 4.78 is 7.44. The normalized spacial score (nSPS) is 11.1. The van der Waals surface area contributed by atoms with Crippen molar-refractivity contribution in [2.45, 2.75) is 6.92 Å². The number of carbonyl (C=O) groups is 1. The quantitative estimate of drug-likeness (QED) is 0.580. The van der Waals surface area contributed by atoms with Crippen molar-refractivity contribution in [2.75, 3.05) is 6.61 Å². The second-order valence-corrected chi connectivity index (χ2v) is 5.61. The number of hydrazone groups is 1. The van der Waals surface area contributed by atoms with Gasteiger partial charge in [0.1, 0.15) is 5.75 Å².